The van der Waals surface area contributed by atoms with Crippen LogP contribution in [0.2, 0.25) is 5.02 Å². The minimum Gasteiger partial charge on any atom is -0.467 e. The zero-order valence-corrected chi connectivity index (χ0v) is 14.8. The van der Waals surface area contributed by atoms with Gasteiger partial charge in [0.2, 0.25) is 0 Å². The molecule has 0 fully saturated rings. The number of hydrogen-bond acceptors (Lipinski definition) is 6. The Morgan fingerprint density at radius 2 is 1.84 bits per heavy atom. The molecule has 0 aliphatic carbocycles. The van der Waals surface area contributed by atoms with Crippen LogP contribution in [-0.4, -0.2) is 40.4 Å². The maximum absolute atomic E-state index is 12.7. The zero-order valence-electron chi connectivity index (χ0n) is 14.1. The number of halogens is 1. The lowest BCUT2D eigenvalue weighted by Gasteiger charge is -2.16. The predicted octanol–water partition coefficient (Wildman–Crippen LogP) is 0.603. The van der Waals surface area contributed by atoms with E-state index in [-0.39, 0.29) is 18.9 Å². The van der Waals surface area contributed by atoms with Crippen LogP contribution in [0, 0.1) is 6.92 Å². The average Bonchev–Trinajstić information content (AvgIpc) is 2.59. The Bertz CT molecular complexity index is 873. The number of rotatable bonds is 6. The van der Waals surface area contributed by atoms with Crippen LogP contribution in [-0.2, 0) is 27.4 Å². The van der Waals surface area contributed by atoms with Crippen molar-refractivity contribution in [3.05, 3.63) is 61.6 Å². The van der Waals surface area contributed by atoms with Crippen molar-refractivity contribution in [1.29, 1.82) is 0 Å². The lowest BCUT2D eigenvalue weighted by Crippen LogP contribution is -2.46. The van der Waals surface area contributed by atoms with Crippen molar-refractivity contribution in [3.63, 3.8) is 0 Å². The van der Waals surface area contributed by atoms with Gasteiger partial charge in [-0.15, -0.1) is 0 Å². The summed E-state index contributed by atoms with van der Waals surface area (Å²) < 4.78 is 11.8. The Morgan fingerprint density at radius 3 is 2.40 bits per heavy atom. The highest BCUT2D eigenvalue weighted by atomic mass is 35.5. The smallest absolute Gasteiger partial charge is 0.353 e. The van der Waals surface area contributed by atoms with E-state index >= 15 is 0 Å². The second kappa shape index (κ2) is 8.09. The topological polar surface area (TPSA) is 92.4 Å². The highest BCUT2D eigenvalue weighted by molar-refractivity contribution is 6.30. The molecule has 1 heterocycles. The summed E-state index contributed by atoms with van der Waals surface area (Å²) in [6, 6.07) is 6.96. The maximum atomic E-state index is 12.7. The Kier molecular flexibility index (Phi) is 6.11. The molecule has 0 aliphatic rings. The first-order valence-corrected chi connectivity index (χ1v) is 7.78. The molecule has 1 atom stereocenters. The van der Waals surface area contributed by atoms with E-state index < -0.39 is 23.5 Å². The van der Waals surface area contributed by atoms with Gasteiger partial charge in [-0.05, 0) is 24.6 Å². The largest absolute Gasteiger partial charge is 0.467 e. The van der Waals surface area contributed by atoms with Crippen LogP contribution < -0.4 is 11.4 Å². The predicted molar refractivity (Wildman–Crippen MR) is 90.9 cm³/mol. The van der Waals surface area contributed by atoms with E-state index in [1.165, 1.54) is 18.8 Å². The van der Waals surface area contributed by atoms with Crippen LogP contribution >= 0.6 is 11.6 Å². The second-order valence-corrected chi connectivity index (χ2v) is 5.73. The number of esters is 1. The van der Waals surface area contributed by atoms with Gasteiger partial charge in [0.1, 0.15) is 5.82 Å². The highest BCUT2D eigenvalue weighted by Crippen LogP contribution is 2.10. The third kappa shape index (κ3) is 4.34. The summed E-state index contributed by atoms with van der Waals surface area (Å²) >= 11 is 5.86. The molecule has 0 aliphatic heterocycles. The molecule has 0 bridgehead atoms. The number of carbonyl (C=O) groups excluding carboxylic acids is 1. The molecule has 0 spiro atoms. The number of methoxy groups -OCH3 is 2. The fraction of sp³-hybridized carbons (Fsp3) is 0.375. The monoisotopic (exact) mass is 367 g/mol. The third-order valence-electron chi connectivity index (χ3n) is 3.69. The van der Waals surface area contributed by atoms with E-state index in [9.17, 15) is 14.4 Å². The molecule has 2 rings (SSSR count). The Labute approximate surface area is 148 Å². The zero-order chi connectivity index (χ0) is 18.6. The lowest BCUT2D eigenvalue weighted by molar-refractivity contribution is -0.153. The number of hydrogen-bond donors (Lipinski definition) is 0. The number of benzene rings is 1. The van der Waals surface area contributed by atoms with Gasteiger partial charge >= 0.3 is 17.3 Å². The first kappa shape index (κ1) is 18.9. The van der Waals surface area contributed by atoms with Crippen molar-refractivity contribution >= 4 is 17.6 Å². The van der Waals surface area contributed by atoms with E-state index in [0.717, 1.165) is 10.1 Å². The third-order valence-corrected chi connectivity index (χ3v) is 3.94. The van der Waals surface area contributed by atoms with Gasteiger partial charge in [0.15, 0.2) is 6.10 Å². The highest BCUT2D eigenvalue weighted by Gasteiger charge is 2.22. The van der Waals surface area contributed by atoms with Crippen molar-refractivity contribution in [2.24, 2.45) is 0 Å². The van der Waals surface area contributed by atoms with Gasteiger partial charge in [-0.25, -0.2) is 19.0 Å². The Hall–Kier alpha value is -2.45. The van der Waals surface area contributed by atoms with Gasteiger partial charge in [0.25, 0.3) is 0 Å². The van der Waals surface area contributed by atoms with Crippen LogP contribution in [0.15, 0.2) is 33.9 Å². The molecule has 8 nitrogen and oxygen atoms in total. The van der Waals surface area contributed by atoms with E-state index in [1.807, 2.05) is 0 Å². The van der Waals surface area contributed by atoms with Crippen LogP contribution in [0.5, 0.6) is 0 Å². The molecule has 25 heavy (non-hydrogen) atoms. The lowest BCUT2D eigenvalue weighted by atomic mass is 10.2. The van der Waals surface area contributed by atoms with Crippen LogP contribution in [0.4, 0.5) is 0 Å². The number of aryl methyl sites for hydroxylation is 1. The van der Waals surface area contributed by atoms with Crippen molar-refractivity contribution < 1.29 is 14.3 Å². The van der Waals surface area contributed by atoms with Crippen molar-refractivity contribution in [2.45, 2.75) is 26.1 Å². The molecule has 0 unspecified atom stereocenters. The summed E-state index contributed by atoms with van der Waals surface area (Å²) in [5.41, 5.74) is -0.517. The summed E-state index contributed by atoms with van der Waals surface area (Å²) in [5.74, 6) is -0.410. The molecule has 0 saturated carbocycles. The molecule has 0 saturated heterocycles. The van der Waals surface area contributed by atoms with E-state index in [0.29, 0.717) is 5.02 Å². The van der Waals surface area contributed by atoms with E-state index in [4.69, 9.17) is 16.3 Å². The second-order valence-electron chi connectivity index (χ2n) is 5.29. The summed E-state index contributed by atoms with van der Waals surface area (Å²) in [4.78, 5) is 40.3. The number of aromatic nitrogens is 3. The minimum absolute atomic E-state index is 0.213. The number of carbonyl (C=O) groups is 1. The molecule has 9 heteroatoms. The summed E-state index contributed by atoms with van der Waals surface area (Å²) in [5, 5.41) is 0.580. The molecule has 1 aromatic heterocycles. The molecular weight excluding hydrogens is 350 g/mol. The van der Waals surface area contributed by atoms with E-state index in [2.05, 4.69) is 9.72 Å². The molecule has 1 aromatic carbocycles. The van der Waals surface area contributed by atoms with Gasteiger partial charge < -0.3 is 9.47 Å². The van der Waals surface area contributed by atoms with Gasteiger partial charge in [0, 0.05) is 12.1 Å². The van der Waals surface area contributed by atoms with Gasteiger partial charge in [0.05, 0.1) is 20.2 Å². The van der Waals surface area contributed by atoms with Gasteiger partial charge in [-0.2, -0.15) is 4.98 Å². The normalized spacial score (nSPS) is 12.0. The van der Waals surface area contributed by atoms with Crippen molar-refractivity contribution in [2.75, 3.05) is 14.2 Å². The van der Waals surface area contributed by atoms with Crippen LogP contribution in [0.25, 0.3) is 0 Å². The summed E-state index contributed by atoms with van der Waals surface area (Å²) in [6.45, 7) is 1.50. The first-order valence-electron chi connectivity index (χ1n) is 7.40. The number of ether oxygens (including phenoxy) is 2. The maximum Gasteiger partial charge on any atom is 0.353 e. The Morgan fingerprint density at radius 1 is 1.20 bits per heavy atom. The van der Waals surface area contributed by atoms with Gasteiger partial charge in [-0.3, -0.25) is 4.57 Å². The Balaban J connectivity index is 2.42. The fourth-order valence-corrected chi connectivity index (χ4v) is 2.40. The van der Waals surface area contributed by atoms with Crippen LogP contribution in [0.3, 0.4) is 0 Å². The summed E-state index contributed by atoms with van der Waals surface area (Å²) in [7, 11) is 2.49. The molecule has 2 aromatic rings. The van der Waals surface area contributed by atoms with Crippen LogP contribution in [0.1, 0.15) is 11.4 Å². The molecular formula is C16H18ClN3O5. The quantitative estimate of drug-likeness (QED) is 0.694. The fourth-order valence-electron chi connectivity index (χ4n) is 2.28. The van der Waals surface area contributed by atoms with E-state index in [1.54, 1.807) is 31.2 Å². The molecule has 0 amide bonds. The number of nitrogens with zero attached hydrogens (tertiary/aromatic N) is 3. The standard InChI is InChI=1S/C16H18ClN3O5/c1-10-18-15(22)20(9-13(24-2)14(21)25-3)16(23)19(10)8-11-4-6-12(17)7-5-11/h4-7,13H,8-9H2,1-3H3/t13-/m0/s1. The SMILES string of the molecule is COC(=O)[C@H](Cn1c(=O)nc(C)n(Cc2ccc(Cl)cc2)c1=O)OC. The molecule has 0 N–H and O–H groups in total. The van der Waals surface area contributed by atoms with Gasteiger partial charge in [-0.1, -0.05) is 23.7 Å². The molecule has 134 valence electrons. The minimum atomic E-state index is -1.08. The molecule has 0 radical (unpaired) electrons. The van der Waals surface area contributed by atoms with Crippen molar-refractivity contribution in [1.82, 2.24) is 14.1 Å². The van der Waals surface area contributed by atoms with Crippen molar-refractivity contribution in [3.8, 4) is 0 Å². The average molecular weight is 368 g/mol. The first-order chi connectivity index (χ1) is 11.9. The summed E-state index contributed by atoms with van der Waals surface area (Å²) in [6.07, 6.45) is -1.08.